The maximum atomic E-state index is 13.1. The number of nitrogens with one attached hydrogen (secondary N) is 2. The van der Waals surface area contributed by atoms with Gasteiger partial charge in [0.05, 0.1) is 39.4 Å². The van der Waals surface area contributed by atoms with Crippen molar-refractivity contribution in [3.8, 4) is 28.5 Å². The van der Waals surface area contributed by atoms with Crippen LogP contribution in [0.3, 0.4) is 0 Å². The molecule has 3 aromatic rings. The highest BCUT2D eigenvalue weighted by molar-refractivity contribution is 5.96. The maximum Gasteiger partial charge on any atom is 0.271 e. The fraction of sp³-hybridized carbons (Fsp3) is 0.150. The number of rotatable bonds is 7. The first kappa shape index (κ1) is 19.9. The number of carbonyl (C=O) groups excluding carboxylic acids is 1. The molecule has 150 valence electrons. The van der Waals surface area contributed by atoms with Crippen LogP contribution in [0.1, 0.15) is 15.9 Å². The molecule has 29 heavy (non-hydrogen) atoms. The third kappa shape index (κ3) is 4.34. The van der Waals surface area contributed by atoms with Crippen LogP contribution in [0.5, 0.6) is 17.2 Å². The lowest BCUT2D eigenvalue weighted by atomic mass is 10.1. The number of aromatic nitrogens is 2. The molecule has 9 heteroatoms. The lowest BCUT2D eigenvalue weighted by Gasteiger charge is -2.13. The summed E-state index contributed by atoms with van der Waals surface area (Å²) in [6.07, 6.45) is 2.99. The summed E-state index contributed by atoms with van der Waals surface area (Å²) in [6, 6.07) is 8.98. The molecule has 3 rings (SSSR count). The largest absolute Gasteiger partial charge is 0.493 e. The van der Waals surface area contributed by atoms with Gasteiger partial charge in [-0.15, -0.1) is 0 Å². The summed E-state index contributed by atoms with van der Waals surface area (Å²) in [5.74, 6) is 0.301. The summed E-state index contributed by atoms with van der Waals surface area (Å²) in [7, 11) is 4.41. The summed E-state index contributed by atoms with van der Waals surface area (Å²) in [5.41, 5.74) is 4.74. The van der Waals surface area contributed by atoms with Crippen LogP contribution >= 0.6 is 0 Å². The van der Waals surface area contributed by atoms with Crippen LogP contribution in [0.2, 0.25) is 0 Å². The Morgan fingerprint density at radius 1 is 1.10 bits per heavy atom. The van der Waals surface area contributed by atoms with Crippen molar-refractivity contribution < 1.29 is 23.4 Å². The molecule has 0 saturated carbocycles. The van der Waals surface area contributed by atoms with Gasteiger partial charge in [0, 0.05) is 16.7 Å². The Bertz CT molecular complexity index is 1010. The molecule has 1 heterocycles. The van der Waals surface area contributed by atoms with Crippen molar-refractivity contribution in [2.24, 2.45) is 5.10 Å². The van der Waals surface area contributed by atoms with Gasteiger partial charge in [0.15, 0.2) is 11.5 Å². The molecular formula is C20H19FN4O4. The number of hydrogen-bond acceptors (Lipinski definition) is 6. The zero-order valence-electron chi connectivity index (χ0n) is 16.0. The van der Waals surface area contributed by atoms with Crippen molar-refractivity contribution in [3.63, 3.8) is 0 Å². The van der Waals surface area contributed by atoms with E-state index in [1.165, 1.54) is 51.8 Å². The molecule has 0 unspecified atom stereocenters. The van der Waals surface area contributed by atoms with E-state index in [0.29, 0.717) is 28.5 Å². The molecule has 2 N–H and O–H groups in total. The Morgan fingerprint density at radius 2 is 1.76 bits per heavy atom. The number of H-pyrrole nitrogens is 1. The molecular weight excluding hydrogens is 379 g/mol. The van der Waals surface area contributed by atoms with E-state index in [1.54, 1.807) is 18.3 Å². The minimum atomic E-state index is -0.465. The zero-order chi connectivity index (χ0) is 20.8. The number of nitrogens with zero attached hydrogens (tertiary/aromatic N) is 2. The van der Waals surface area contributed by atoms with Crippen LogP contribution in [-0.4, -0.2) is 43.6 Å². The third-order valence-corrected chi connectivity index (χ3v) is 4.10. The molecule has 1 amide bonds. The van der Waals surface area contributed by atoms with E-state index in [0.717, 1.165) is 5.56 Å². The van der Waals surface area contributed by atoms with E-state index in [2.05, 4.69) is 20.7 Å². The molecule has 0 atom stereocenters. The van der Waals surface area contributed by atoms with Gasteiger partial charge in [0.1, 0.15) is 5.82 Å². The van der Waals surface area contributed by atoms with Gasteiger partial charge >= 0.3 is 0 Å². The lowest BCUT2D eigenvalue weighted by molar-refractivity contribution is 0.0954. The van der Waals surface area contributed by atoms with Crippen LogP contribution in [0.25, 0.3) is 11.3 Å². The number of amides is 1. The standard InChI is InChI=1S/C20H19FN4O4/c1-27-16-8-13(9-17(28-2)19(16)29-3)20(26)25-23-11-14-10-22-24-18(14)12-4-6-15(21)7-5-12/h4-11H,1-3H3,(H,22,24)(H,25,26)/b23-11-. The van der Waals surface area contributed by atoms with Crippen molar-refractivity contribution in [1.29, 1.82) is 0 Å². The van der Waals surface area contributed by atoms with E-state index in [-0.39, 0.29) is 11.4 Å². The van der Waals surface area contributed by atoms with Crippen molar-refractivity contribution in [1.82, 2.24) is 15.6 Å². The Labute approximate surface area is 166 Å². The second kappa shape index (κ2) is 8.87. The highest BCUT2D eigenvalue weighted by atomic mass is 19.1. The fourth-order valence-electron chi connectivity index (χ4n) is 2.68. The zero-order valence-corrected chi connectivity index (χ0v) is 16.0. The van der Waals surface area contributed by atoms with Gasteiger partial charge in [0.25, 0.3) is 5.91 Å². The molecule has 2 aromatic carbocycles. The predicted molar refractivity (Wildman–Crippen MR) is 105 cm³/mol. The number of halogens is 1. The van der Waals surface area contributed by atoms with Gasteiger partial charge in [-0.2, -0.15) is 10.2 Å². The molecule has 0 aliphatic rings. The summed E-state index contributed by atoms with van der Waals surface area (Å²) in [4.78, 5) is 12.5. The summed E-state index contributed by atoms with van der Waals surface area (Å²) < 4.78 is 28.8. The van der Waals surface area contributed by atoms with E-state index in [1.807, 2.05) is 0 Å². The number of carbonyl (C=O) groups is 1. The monoisotopic (exact) mass is 398 g/mol. The van der Waals surface area contributed by atoms with Crippen molar-refractivity contribution in [2.45, 2.75) is 0 Å². The van der Waals surface area contributed by atoms with Crippen molar-refractivity contribution in [2.75, 3.05) is 21.3 Å². The molecule has 0 fully saturated rings. The first-order valence-electron chi connectivity index (χ1n) is 8.50. The minimum absolute atomic E-state index is 0.280. The Morgan fingerprint density at radius 3 is 2.34 bits per heavy atom. The average molecular weight is 398 g/mol. The summed E-state index contributed by atoms with van der Waals surface area (Å²) in [6.45, 7) is 0. The van der Waals surface area contributed by atoms with Gasteiger partial charge < -0.3 is 14.2 Å². The summed E-state index contributed by atoms with van der Waals surface area (Å²) in [5, 5.41) is 10.8. The molecule has 0 saturated heterocycles. The molecule has 0 spiro atoms. The average Bonchev–Trinajstić information content (AvgIpc) is 3.21. The highest BCUT2D eigenvalue weighted by Gasteiger charge is 2.16. The Balaban J connectivity index is 1.77. The number of aromatic amines is 1. The molecule has 0 radical (unpaired) electrons. The van der Waals surface area contributed by atoms with E-state index >= 15 is 0 Å². The van der Waals surface area contributed by atoms with Gasteiger partial charge in [0.2, 0.25) is 5.75 Å². The second-order valence-electron chi connectivity index (χ2n) is 5.82. The maximum absolute atomic E-state index is 13.1. The van der Waals surface area contributed by atoms with Crippen LogP contribution in [0.15, 0.2) is 47.7 Å². The Kier molecular flexibility index (Phi) is 6.08. The van der Waals surface area contributed by atoms with Gasteiger partial charge in [-0.3, -0.25) is 9.89 Å². The molecule has 1 aromatic heterocycles. The first-order valence-corrected chi connectivity index (χ1v) is 8.50. The van der Waals surface area contributed by atoms with E-state index < -0.39 is 5.91 Å². The van der Waals surface area contributed by atoms with Crippen LogP contribution < -0.4 is 19.6 Å². The molecule has 0 bridgehead atoms. The van der Waals surface area contributed by atoms with Crippen molar-refractivity contribution >= 4 is 12.1 Å². The normalized spacial score (nSPS) is 10.8. The van der Waals surface area contributed by atoms with Gasteiger partial charge in [-0.05, 0) is 36.4 Å². The first-order chi connectivity index (χ1) is 14.1. The molecule has 0 aliphatic carbocycles. The molecule has 0 aliphatic heterocycles. The number of benzene rings is 2. The summed E-state index contributed by atoms with van der Waals surface area (Å²) >= 11 is 0. The van der Waals surface area contributed by atoms with Crippen molar-refractivity contribution in [3.05, 3.63) is 59.5 Å². The number of hydrogen-bond donors (Lipinski definition) is 2. The minimum Gasteiger partial charge on any atom is -0.493 e. The highest BCUT2D eigenvalue weighted by Crippen LogP contribution is 2.38. The molecule has 8 nitrogen and oxygen atoms in total. The number of ether oxygens (including phenoxy) is 3. The third-order valence-electron chi connectivity index (χ3n) is 4.10. The smallest absolute Gasteiger partial charge is 0.271 e. The quantitative estimate of drug-likeness (QED) is 0.471. The second-order valence-corrected chi connectivity index (χ2v) is 5.82. The predicted octanol–water partition coefficient (Wildman–Crippen LogP) is 3.01. The van der Waals surface area contributed by atoms with Crippen LogP contribution in [0.4, 0.5) is 4.39 Å². The topological polar surface area (TPSA) is 97.8 Å². The van der Waals surface area contributed by atoms with E-state index in [9.17, 15) is 9.18 Å². The number of methoxy groups -OCH3 is 3. The van der Waals surface area contributed by atoms with Crippen LogP contribution in [-0.2, 0) is 0 Å². The fourth-order valence-corrected chi connectivity index (χ4v) is 2.68. The SMILES string of the molecule is COc1cc(C(=O)N/N=C\c2cn[nH]c2-c2ccc(F)cc2)cc(OC)c1OC. The lowest BCUT2D eigenvalue weighted by Crippen LogP contribution is -2.18. The van der Waals surface area contributed by atoms with Gasteiger partial charge in [-0.25, -0.2) is 9.82 Å². The van der Waals surface area contributed by atoms with Crippen LogP contribution in [0, 0.1) is 5.82 Å². The Hall–Kier alpha value is -3.88. The van der Waals surface area contributed by atoms with Gasteiger partial charge in [-0.1, -0.05) is 0 Å². The number of hydrazone groups is 1. The van der Waals surface area contributed by atoms with E-state index in [4.69, 9.17) is 14.2 Å².